The first-order valence-electron chi connectivity index (χ1n) is 5.67. The summed E-state index contributed by atoms with van der Waals surface area (Å²) >= 11 is 0. The van der Waals surface area contributed by atoms with Crippen LogP contribution in [0.2, 0.25) is 0 Å². The summed E-state index contributed by atoms with van der Waals surface area (Å²) in [6.45, 7) is 5.08. The van der Waals surface area contributed by atoms with Gasteiger partial charge in [0.05, 0.1) is 12.1 Å². The first-order valence-corrected chi connectivity index (χ1v) is 5.67. The van der Waals surface area contributed by atoms with E-state index >= 15 is 0 Å². The van der Waals surface area contributed by atoms with Gasteiger partial charge >= 0.3 is 0 Å². The zero-order valence-corrected chi connectivity index (χ0v) is 9.81. The lowest BCUT2D eigenvalue weighted by Gasteiger charge is -2.31. The maximum Gasteiger partial charge on any atom is 0.228 e. The molecule has 1 aromatic heterocycles. The van der Waals surface area contributed by atoms with Crippen LogP contribution >= 0.6 is 0 Å². The number of carbonyl (C=O) groups excluding carboxylic acids is 1. The molecule has 0 aromatic carbocycles. The monoisotopic (exact) mass is 222 g/mol. The predicted octanol–water partition coefficient (Wildman–Crippen LogP) is -0.0120. The molecule has 5 heteroatoms. The normalized spacial score (nSPS) is 15.9. The Kier molecular flexibility index (Phi) is 3.24. The number of aryl methyl sites for hydroxylation is 1. The summed E-state index contributed by atoms with van der Waals surface area (Å²) in [7, 11) is 1.89. The van der Waals surface area contributed by atoms with Gasteiger partial charge in [-0.1, -0.05) is 0 Å². The quantitative estimate of drug-likeness (QED) is 0.779. The number of amides is 1. The molecule has 5 nitrogen and oxygen atoms in total. The lowest BCUT2D eigenvalue weighted by atomic mass is 10.0. The highest BCUT2D eigenvalue weighted by Gasteiger charge is 2.28. The average Bonchev–Trinajstić information content (AvgIpc) is 2.57. The van der Waals surface area contributed by atoms with Gasteiger partial charge in [-0.15, -0.1) is 0 Å². The molecule has 1 aromatic rings. The average molecular weight is 222 g/mol. The predicted molar refractivity (Wildman–Crippen MR) is 60.7 cm³/mol. The summed E-state index contributed by atoms with van der Waals surface area (Å²) in [5, 5.41) is 7.23. The van der Waals surface area contributed by atoms with E-state index < -0.39 is 0 Å². The molecule has 1 N–H and O–H groups in total. The van der Waals surface area contributed by atoms with Crippen LogP contribution in [0.4, 0.5) is 0 Å². The van der Waals surface area contributed by atoms with Gasteiger partial charge in [-0.25, -0.2) is 0 Å². The van der Waals surface area contributed by atoms with E-state index in [1.54, 1.807) is 4.68 Å². The van der Waals surface area contributed by atoms with Crippen molar-refractivity contribution >= 4 is 5.91 Å². The largest absolute Gasteiger partial charge is 0.338 e. The third kappa shape index (κ3) is 2.24. The molecular weight excluding hydrogens is 204 g/mol. The van der Waals surface area contributed by atoms with Crippen LogP contribution < -0.4 is 5.32 Å². The maximum absolute atomic E-state index is 12.0. The standard InChI is InChI=1S/C11H18N4O/c1-3-15(11(16)10-5-12-6-10)8-9-4-13-14(2)7-9/h4,7,10,12H,3,5-6,8H2,1-2H3. The number of carbonyl (C=O) groups is 1. The van der Waals surface area contributed by atoms with Gasteiger partial charge in [0, 0.05) is 45.0 Å². The molecule has 1 fully saturated rings. The fourth-order valence-corrected chi connectivity index (χ4v) is 1.84. The topological polar surface area (TPSA) is 50.2 Å². The molecule has 0 atom stereocenters. The molecule has 0 spiro atoms. The number of nitrogens with one attached hydrogen (secondary N) is 1. The third-order valence-corrected chi connectivity index (χ3v) is 2.96. The molecule has 1 saturated heterocycles. The van der Waals surface area contributed by atoms with E-state index in [4.69, 9.17) is 0 Å². The van der Waals surface area contributed by atoms with E-state index in [1.807, 2.05) is 31.3 Å². The van der Waals surface area contributed by atoms with E-state index in [-0.39, 0.29) is 11.8 Å². The molecule has 16 heavy (non-hydrogen) atoms. The minimum Gasteiger partial charge on any atom is -0.338 e. The summed E-state index contributed by atoms with van der Waals surface area (Å²) in [5.74, 6) is 0.432. The number of hydrogen-bond donors (Lipinski definition) is 1. The molecular formula is C11H18N4O. The Balaban J connectivity index is 1.96. The van der Waals surface area contributed by atoms with Crippen LogP contribution in [0.25, 0.3) is 0 Å². The Hall–Kier alpha value is -1.36. The van der Waals surface area contributed by atoms with Crippen LogP contribution in [-0.4, -0.2) is 40.2 Å². The molecule has 2 rings (SSSR count). The van der Waals surface area contributed by atoms with Crippen molar-refractivity contribution in [3.8, 4) is 0 Å². The fraction of sp³-hybridized carbons (Fsp3) is 0.636. The number of aromatic nitrogens is 2. The zero-order valence-electron chi connectivity index (χ0n) is 9.81. The van der Waals surface area contributed by atoms with Gasteiger partial charge in [0.15, 0.2) is 0 Å². The maximum atomic E-state index is 12.0. The molecule has 0 radical (unpaired) electrons. The molecule has 1 aliphatic rings. The molecule has 0 saturated carbocycles. The van der Waals surface area contributed by atoms with Crippen molar-refractivity contribution in [3.05, 3.63) is 18.0 Å². The second-order valence-electron chi connectivity index (χ2n) is 4.23. The summed E-state index contributed by atoms with van der Waals surface area (Å²) in [6.07, 6.45) is 3.77. The minimum atomic E-state index is 0.177. The molecule has 0 bridgehead atoms. The van der Waals surface area contributed by atoms with Gasteiger partial charge in [-0.2, -0.15) is 5.10 Å². The Morgan fingerprint density at radius 1 is 1.69 bits per heavy atom. The van der Waals surface area contributed by atoms with E-state index in [1.165, 1.54) is 0 Å². The van der Waals surface area contributed by atoms with Crippen LogP contribution in [0.3, 0.4) is 0 Å². The minimum absolute atomic E-state index is 0.177. The van der Waals surface area contributed by atoms with E-state index in [0.29, 0.717) is 6.54 Å². The molecule has 0 aliphatic carbocycles. The SMILES string of the molecule is CCN(Cc1cnn(C)c1)C(=O)C1CNC1. The highest BCUT2D eigenvalue weighted by atomic mass is 16.2. The van der Waals surface area contributed by atoms with Crippen molar-refractivity contribution < 1.29 is 4.79 Å². The van der Waals surface area contributed by atoms with Crippen molar-refractivity contribution in [3.63, 3.8) is 0 Å². The van der Waals surface area contributed by atoms with Crippen molar-refractivity contribution in [2.24, 2.45) is 13.0 Å². The third-order valence-electron chi connectivity index (χ3n) is 2.96. The molecule has 1 amide bonds. The van der Waals surface area contributed by atoms with E-state index in [9.17, 15) is 4.79 Å². The van der Waals surface area contributed by atoms with E-state index in [2.05, 4.69) is 10.4 Å². The highest BCUT2D eigenvalue weighted by molar-refractivity contribution is 5.80. The van der Waals surface area contributed by atoms with Crippen LogP contribution in [0.1, 0.15) is 12.5 Å². The van der Waals surface area contributed by atoms with Gasteiger partial charge < -0.3 is 10.2 Å². The number of nitrogens with zero attached hydrogens (tertiary/aromatic N) is 3. The van der Waals surface area contributed by atoms with Crippen molar-refractivity contribution in [1.82, 2.24) is 20.0 Å². The Bertz CT molecular complexity index is 370. The Morgan fingerprint density at radius 2 is 2.44 bits per heavy atom. The lowest BCUT2D eigenvalue weighted by molar-refractivity contribution is -0.137. The highest BCUT2D eigenvalue weighted by Crippen LogP contribution is 2.11. The summed E-state index contributed by atoms with van der Waals surface area (Å²) in [4.78, 5) is 13.9. The summed E-state index contributed by atoms with van der Waals surface area (Å²) in [6, 6.07) is 0. The van der Waals surface area contributed by atoms with Crippen LogP contribution in [-0.2, 0) is 18.4 Å². The van der Waals surface area contributed by atoms with Gasteiger partial charge in [0.25, 0.3) is 0 Å². The number of hydrogen-bond acceptors (Lipinski definition) is 3. The van der Waals surface area contributed by atoms with Crippen molar-refractivity contribution in [2.45, 2.75) is 13.5 Å². The molecule has 2 heterocycles. The van der Waals surface area contributed by atoms with Crippen molar-refractivity contribution in [1.29, 1.82) is 0 Å². The zero-order chi connectivity index (χ0) is 11.5. The number of rotatable bonds is 4. The first-order chi connectivity index (χ1) is 7.70. The summed E-state index contributed by atoms with van der Waals surface area (Å²) in [5.41, 5.74) is 1.09. The van der Waals surface area contributed by atoms with Gasteiger partial charge in [-0.05, 0) is 6.92 Å². The first kappa shape index (κ1) is 11.1. The second-order valence-corrected chi connectivity index (χ2v) is 4.23. The molecule has 0 unspecified atom stereocenters. The Labute approximate surface area is 95.4 Å². The molecule has 1 aliphatic heterocycles. The Morgan fingerprint density at radius 3 is 2.88 bits per heavy atom. The van der Waals surface area contributed by atoms with Crippen LogP contribution in [0, 0.1) is 5.92 Å². The van der Waals surface area contributed by atoms with Gasteiger partial charge in [0.2, 0.25) is 5.91 Å². The van der Waals surface area contributed by atoms with Crippen LogP contribution in [0.15, 0.2) is 12.4 Å². The second kappa shape index (κ2) is 4.65. The fourth-order valence-electron chi connectivity index (χ4n) is 1.84. The van der Waals surface area contributed by atoms with Gasteiger partial charge in [-0.3, -0.25) is 9.48 Å². The van der Waals surface area contributed by atoms with Crippen LogP contribution in [0.5, 0.6) is 0 Å². The van der Waals surface area contributed by atoms with E-state index in [0.717, 1.165) is 25.2 Å². The van der Waals surface area contributed by atoms with Gasteiger partial charge in [0.1, 0.15) is 0 Å². The lowest BCUT2D eigenvalue weighted by Crippen LogP contribution is -2.51. The smallest absolute Gasteiger partial charge is 0.228 e. The summed E-state index contributed by atoms with van der Waals surface area (Å²) < 4.78 is 1.76. The molecule has 88 valence electrons. The van der Waals surface area contributed by atoms with Crippen molar-refractivity contribution in [2.75, 3.05) is 19.6 Å².